The monoisotopic (exact) mass is 551 g/mol. The lowest BCUT2D eigenvalue weighted by Gasteiger charge is -2.30. The summed E-state index contributed by atoms with van der Waals surface area (Å²) in [6.07, 6.45) is 6.01. The minimum absolute atomic E-state index is 0.147. The summed E-state index contributed by atoms with van der Waals surface area (Å²) in [4.78, 5) is 26.7. The number of benzene rings is 2. The summed E-state index contributed by atoms with van der Waals surface area (Å²) < 4.78 is 17.9. The van der Waals surface area contributed by atoms with Gasteiger partial charge in [0.25, 0.3) is 0 Å². The highest BCUT2D eigenvalue weighted by Gasteiger charge is 2.19. The van der Waals surface area contributed by atoms with Crippen molar-refractivity contribution in [1.29, 1.82) is 0 Å². The van der Waals surface area contributed by atoms with E-state index in [2.05, 4.69) is 27.1 Å². The molecule has 2 aliphatic rings. The molecule has 0 saturated carbocycles. The van der Waals surface area contributed by atoms with Crippen molar-refractivity contribution in [2.45, 2.75) is 26.3 Å². The summed E-state index contributed by atoms with van der Waals surface area (Å²) >= 11 is 6.26. The lowest BCUT2D eigenvalue weighted by atomic mass is 10.00. The van der Waals surface area contributed by atoms with Crippen LogP contribution in [0, 0.1) is 5.92 Å². The van der Waals surface area contributed by atoms with Gasteiger partial charge in [-0.05, 0) is 49.1 Å². The Morgan fingerprint density at radius 3 is 2.54 bits per heavy atom. The molecule has 39 heavy (non-hydrogen) atoms. The Morgan fingerprint density at radius 1 is 0.974 bits per heavy atom. The van der Waals surface area contributed by atoms with Gasteiger partial charge in [-0.25, -0.2) is 9.97 Å². The highest BCUT2D eigenvalue weighted by molar-refractivity contribution is 6.31. The number of nitrogens with one attached hydrogen (secondary N) is 1. The number of anilines is 2. The zero-order valence-corrected chi connectivity index (χ0v) is 22.9. The van der Waals surface area contributed by atoms with Crippen LogP contribution >= 0.6 is 11.6 Å². The Kier molecular flexibility index (Phi) is 9.13. The van der Waals surface area contributed by atoms with Crippen LogP contribution in [0.1, 0.15) is 25.3 Å². The number of rotatable bonds is 3. The van der Waals surface area contributed by atoms with E-state index < -0.39 is 0 Å². The topological polar surface area (TPSA) is 89.0 Å². The first-order valence-corrected chi connectivity index (χ1v) is 13.8. The second-order valence-electron chi connectivity index (χ2n) is 9.97. The fourth-order valence-corrected chi connectivity index (χ4v) is 4.81. The Hall–Kier alpha value is -3.40. The zero-order valence-electron chi connectivity index (χ0n) is 22.1. The number of fused-ring (bicyclic) bond motifs is 2. The van der Waals surface area contributed by atoms with Crippen molar-refractivity contribution in [3.63, 3.8) is 0 Å². The van der Waals surface area contributed by atoms with Gasteiger partial charge in [-0.1, -0.05) is 30.7 Å². The number of aromatic nitrogens is 2. The van der Waals surface area contributed by atoms with Gasteiger partial charge in [0.2, 0.25) is 11.9 Å². The van der Waals surface area contributed by atoms with Crippen molar-refractivity contribution >= 4 is 29.1 Å². The second kappa shape index (κ2) is 13.1. The molecule has 3 aromatic rings. The molecule has 1 aromatic heterocycles. The number of carbonyl (C=O) groups excluding carboxylic acids is 1. The number of ether oxygens (including phenoxy) is 3. The highest BCUT2D eigenvalue weighted by atomic mass is 35.5. The molecule has 206 valence electrons. The van der Waals surface area contributed by atoms with Crippen molar-refractivity contribution in [1.82, 2.24) is 14.9 Å². The van der Waals surface area contributed by atoms with Crippen molar-refractivity contribution in [2.24, 2.45) is 5.92 Å². The normalized spacial score (nSPS) is 18.0. The van der Waals surface area contributed by atoms with Gasteiger partial charge >= 0.3 is 0 Å². The van der Waals surface area contributed by atoms with Crippen LogP contribution in [-0.4, -0.2) is 66.8 Å². The predicted molar refractivity (Wildman–Crippen MR) is 151 cm³/mol. The number of piperidine rings is 1. The smallest absolute Gasteiger partial charge is 0.238 e. The molecule has 0 unspecified atom stereocenters. The van der Waals surface area contributed by atoms with E-state index in [0.717, 1.165) is 43.4 Å². The average molecular weight is 552 g/mol. The lowest BCUT2D eigenvalue weighted by molar-refractivity contribution is -0.117. The van der Waals surface area contributed by atoms with E-state index in [1.165, 1.54) is 0 Å². The number of halogens is 1. The van der Waals surface area contributed by atoms with Gasteiger partial charge in [-0.15, -0.1) is 0 Å². The lowest BCUT2D eigenvalue weighted by Crippen LogP contribution is -2.36. The van der Waals surface area contributed by atoms with Crippen LogP contribution in [0.3, 0.4) is 0 Å². The van der Waals surface area contributed by atoms with Gasteiger partial charge in [-0.3, -0.25) is 9.69 Å². The fraction of sp³-hybridized carbons (Fsp3) is 0.414. The number of amides is 1. The standard InChI is InChI=1S/C29H34ClN5O4/c1-21-8-10-35(11-9-21)29-31-17-22(18-32-29)19-34-12-13-37-14-15-38-26-4-2-3-5-27(26)39-25-7-6-23(30)16-24(25)33-28(36)20-34/h2-7,16-18,21H,8-15,19-20H2,1H3,(H,33,36). The first-order chi connectivity index (χ1) is 19.0. The number of para-hydroxylation sites is 2. The maximum Gasteiger partial charge on any atom is 0.238 e. The first kappa shape index (κ1) is 27.2. The Balaban J connectivity index is 1.30. The molecule has 1 N–H and O–H groups in total. The Bertz CT molecular complexity index is 1250. The molecule has 0 spiro atoms. The van der Waals surface area contributed by atoms with Crippen molar-refractivity contribution in [3.8, 4) is 17.2 Å². The largest absolute Gasteiger partial charge is 0.487 e. The summed E-state index contributed by atoms with van der Waals surface area (Å²) in [5.41, 5.74) is 1.41. The third-order valence-electron chi connectivity index (χ3n) is 6.85. The van der Waals surface area contributed by atoms with Gasteiger partial charge in [0.1, 0.15) is 6.61 Å². The summed E-state index contributed by atoms with van der Waals surface area (Å²) in [5.74, 6) is 2.91. The fourth-order valence-electron chi connectivity index (χ4n) is 4.63. The molecular formula is C29H34ClN5O4. The third-order valence-corrected chi connectivity index (χ3v) is 7.09. The quantitative estimate of drug-likeness (QED) is 0.486. The molecule has 2 aromatic carbocycles. The van der Waals surface area contributed by atoms with E-state index in [1.54, 1.807) is 18.2 Å². The van der Waals surface area contributed by atoms with E-state index in [-0.39, 0.29) is 12.5 Å². The highest BCUT2D eigenvalue weighted by Crippen LogP contribution is 2.36. The molecule has 0 radical (unpaired) electrons. The molecule has 0 atom stereocenters. The third kappa shape index (κ3) is 7.59. The van der Waals surface area contributed by atoms with Crippen LogP contribution < -0.4 is 19.7 Å². The Labute approximate surface area is 234 Å². The van der Waals surface area contributed by atoms with Gasteiger partial charge in [0.05, 0.1) is 25.4 Å². The minimum Gasteiger partial charge on any atom is -0.487 e. The SMILES string of the molecule is CC1CCN(c2ncc(CN3CCOCCOc4ccccc4Oc4ccc(Cl)cc4NC(=O)C3)cn2)CC1. The second-order valence-corrected chi connectivity index (χ2v) is 10.4. The molecule has 0 bridgehead atoms. The maximum atomic E-state index is 13.2. The number of nitrogens with zero attached hydrogens (tertiary/aromatic N) is 4. The minimum atomic E-state index is -0.193. The molecule has 1 saturated heterocycles. The van der Waals surface area contributed by atoms with Crippen LogP contribution in [0.4, 0.5) is 11.6 Å². The molecule has 2 aliphatic heterocycles. The summed E-state index contributed by atoms with van der Waals surface area (Å²) in [5, 5.41) is 3.45. The number of carbonyl (C=O) groups is 1. The number of hydrogen-bond acceptors (Lipinski definition) is 8. The molecule has 10 heteroatoms. The van der Waals surface area contributed by atoms with Gasteiger partial charge in [0, 0.05) is 49.2 Å². The van der Waals surface area contributed by atoms with Crippen molar-refractivity contribution in [2.75, 3.05) is 56.2 Å². The molecule has 3 heterocycles. The van der Waals surface area contributed by atoms with Gasteiger partial charge in [0.15, 0.2) is 17.2 Å². The van der Waals surface area contributed by atoms with E-state index >= 15 is 0 Å². The summed E-state index contributed by atoms with van der Waals surface area (Å²) in [6, 6.07) is 12.5. The van der Waals surface area contributed by atoms with Gasteiger partial charge in [-0.2, -0.15) is 0 Å². The van der Waals surface area contributed by atoms with Crippen molar-refractivity contribution in [3.05, 3.63) is 65.4 Å². The van der Waals surface area contributed by atoms with Crippen molar-refractivity contribution < 1.29 is 19.0 Å². The van der Waals surface area contributed by atoms with E-state index in [4.69, 9.17) is 25.8 Å². The maximum absolute atomic E-state index is 13.2. The summed E-state index contributed by atoms with van der Waals surface area (Å²) in [6.45, 7) is 6.68. The van der Waals surface area contributed by atoms with E-state index in [0.29, 0.717) is 60.9 Å². The van der Waals surface area contributed by atoms with E-state index in [9.17, 15) is 4.79 Å². The molecule has 1 amide bonds. The Morgan fingerprint density at radius 2 is 1.74 bits per heavy atom. The molecule has 0 aliphatic carbocycles. The van der Waals surface area contributed by atoms with Gasteiger partial charge < -0.3 is 24.4 Å². The van der Waals surface area contributed by atoms with Crippen LogP contribution in [0.5, 0.6) is 17.2 Å². The molecule has 9 nitrogen and oxygen atoms in total. The zero-order chi connectivity index (χ0) is 27.0. The summed E-state index contributed by atoms with van der Waals surface area (Å²) in [7, 11) is 0. The van der Waals surface area contributed by atoms with Crippen LogP contribution in [0.15, 0.2) is 54.9 Å². The number of hydrogen-bond donors (Lipinski definition) is 1. The van der Waals surface area contributed by atoms with Crippen LogP contribution in [0.2, 0.25) is 5.02 Å². The molecular weight excluding hydrogens is 518 g/mol. The average Bonchev–Trinajstić information content (AvgIpc) is 2.93. The van der Waals surface area contributed by atoms with E-state index in [1.807, 2.05) is 41.6 Å². The van der Waals surface area contributed by atoms with Crippen LogP contribution in [-0.2, 0) is 16.1 Å². The first-order valence-electron chi connectivity index (χ1n) is 13.4. The molecule has 5 rings (SSSR count). The predicted octanol–water partition coefficient (Wildman–Crippen LogP) is 5.01. The van der Waals surface area contributed by atoms with Crippen LogP contribution in [0.25, 0.3) is 0 Å². The molecule has 1 fully saturated rings.